The number of aldehydes is 1. The van der Waals surface area contributed by atoms with Crippen molar-refractivity contribution in [3.8, 4) is 0 Å². The molecule has 3 nitrogen and oxygen atoms in total. The molecule has 0 bridgehead atoms. The zero-order valence-electron chi connectivity index (χ0n) is 10.0. The van der Waals surface area contributed by atoms with Gasteiger partial charge >= 0.3 is 0 Å². The first kappa shape index (κ1) is 12.6. The fourth-order valence-corrected chi connectivity index (χ4v) is 2.59. The standard InChI is InChI=1S/C13H17BrN2O/c1-2-15-5-7-16(8-6-15)12-4-3-11(10-17)13(14)9-12/h3-4,9-10H,2,5-8H2,1H3. The molecule has 1 saturated heterocycles. The van der Waals surface area contributed by atoms with Crippen LogP contribution in [0.15, 0.2) is 22.7 Å². The van der Waals surface area contributed by atoms with E-state index < -0.39 is 0 Å². The summed E-state index contributed by atoms with van der Waals surface area (Å²) in [4.78, 5) is 15.6. The van der Waals surface area contributed by atoms with Gasteiger partial charge in [-0.3, -0.25) is 4.79 Å². The van der Waals surface area contributed by atoms with Gasteiger partial charge in [0.15, 0.2) is 6.29 Å². The second-order valence-electron chi connectivity index (χ2n) is 4.24. The van der Waals surface area contributed by atoms with Crippen molar-refractivity contribution in [2.45, 2.75) is 6.92 Å². The Bertz CT molecular complexity index is 400. The lowest BCUT2D eigenvalue weighted by Crippen LogP contribution is -2.46. The van der Waals surface area contributed by atoms with Gasteiger partial charge in [0.1, 0.15) is 0 Å². The number of hydrogen-bond donors (Lipinski definition) is 0. The van der Waals surface area contributed by atoms with Crippen LogP contribution in [0.5, 0.6) is 0 Å². The average Bonchev–Trinajstić information content (AvgIpc) is 2.39. The molecule has 4 heteroatoms. The Morgan fingerprint density at radius 2 is 2.00 bits per heavy atom. The van der Waals surface area contributed by atoms with E-state index in [0.717, 1.165) is 43.5 Å². The summed E-state index contributed by atoms with van der Waals surface area (Å²) in [6.07, 6.45) is 0.878. The van der Waals surface area contributed by atoms with Crippen molar-refractivity contribution in [3.63, 3.8) is 0 Å². The molecule has 1 aliphatic heterocycles. The number of anilines is 1. The van der Waals surface area contributed by atoms with Crippen LogP contribution in [0.1, 0.15) is 17.3 Å². The Hall–Kier alpha value is -0.870. The highest BCUT2D eigenvalue weighted by molar-refractivity contribution is 9.10. The minimum Gasteiger partial charge on any atom is -0.369 e. The van der Waals surface area contributed by atoms with Crippen molar-refractivity contribution in [1.29, 1.82) is 0 Å². The molecule has 0 spiro atoms. The van der Waals surface area contributed by atoms with Crippen LogP contribution >= 0.6 is 15.9 Å². The molecule has 2 rings (SSSR count). The van der Waals surface area contributed by atoms with Crippen molar-refractivity contribution in [2.75, 3.05) is 37.6 Å². The molecular weight excluding hydrogens is 280 g/mol. The molecule has 17 heavy (non-hydrogen) atoms. The summed E-state index contributed by atoms with van der Waals surface area (Å²) in [7, 11) is 0. The average molecular weight is 297 g/mol. The fourth-order valence-electron chi connectivity index (χ4n) is 2.13. The molecule has 1 aliphatic rings. The van der Waals surface area contributed by atoms with Gasteiger partial charge in [0.25, 0.3) is 0 Å². The minimum absolute atomic E-state index is 0.709. The number of rotatable bonds is 3. The third-order valence-electron chi connectivity index (χ3n) is 3.30. The monoisotopic (exact) mass is 296 g/mol. The van der Waals surface area contributed by atoms with Gasteiger partial charge in [-0.1, -0.05) is 6.92 Å². The SMILES string of the molecule is CCN1CCN(c2ccc(C=O)c(Br)c2)CC1. The van der Waals surface area contributed by atoms with Crippen LogP contribution in [0.4, 0.5) is 5.69 Å². The highest BCUT2D eigenvalue weighted by atomic mass is 79.9. The summed E-state index contributed by atoms with van der Waals surface area (Å²) < 4.78 is 0.878. The van der Waals surface area contributed by atoms with Crippen LogP contribution in [0.3, 0.4) is 0 Å². The number of carbonyl (C=O) groups is 1. The van der Waals surface area contributed by atoms with Crippen LogP contribution in [0.2, 0.25) is 0 Å². The molecule has 1 fully saturated rings. The lowest BCUT2D eigenvalue weighted by atomic mass is 10.2. The molecule has 1 heterocycles. The van der Waals surface area contributed by atoms with Crippen molar-refractivity contribution in [2.24, 2.45) is 0 Å². The van der Waals surface area contributed by atoms with Gasteiger partial charge in [0.05, 0.1) is 0 Å². The fraction of sp³-hybridized carbons (Fsp3) is 0.462. The van der Waals surface area contributed by atoms with E-state index in [9.17, 15) is 4.79 Å². The number of likely N-dealkylation sites (N-methyl/N-ethyl adjacent to an activating group) is 1. The highest BCUT2D eigenvalue weighted by Gasteiger charge is 2.16. The van der Waals surface area contributed by atoms with Gasteiger partial charge in [0, 0.05) is 41.9 Å². The van der Waals surface area contributed by atoms with E-state index in [1.54, 1.807) is 0 Å². The second-order valence-corrected chi connectivity index (χ2v) is 5.10. The minimum atomic E-state index is 0.709. The number of hydrogen-bond acceptors (Lipinski definition) is 3. The molecule has 0 N–H and O–H groups in total. The maximum Gasteiger partial charge on any atom is 0.151 e. The third-order valence-corrected chi connectivity index (χ3v) is 3.98. The van der Waals surface area contributed by atoms with Gasteiger partial charge < -0.3 is 9.80 Å². The lowest BCUT2D eigenvalue weighted by Gasteiger charge is -2.35. The van der Waals surface area contributed by atoms with Gasteiger partial charge in [-0.15, -0.1) is 0 Å². The van der Waals surface area contributed by atoms with Gasteiger partial charge in [0.2, 0.25) is 0 Å². The van der Waals surface area contributed by atoms with E-state index >= 15 is 0 Å². The number of nitrogens with zero attached hydrogens (tertiary/aromatic N) is 2. The third kappa shape index (κ3) is 2.87. The van der Waals surface area contributed by atoms with Crippen LogP contribution in [-0.4, -0.2) is 43.9 Å². The van der Waals surface area contributed by atoms with E-state index in [0.29, 0.717) is 5.56 Å². The number of carbonyl (C=O) groups excluding carboxylic acids is 1. The van der Waals surface area contributed by atoms with E-state index in [4.69, 9.17) is 0 Å². The smallest absolute Gasteiger partial charge is 0.151 e. The molecule has 0 amide bonds. The van der Waals surface area contributed by atoms with E-state index in [1.165, 1.54) is 5.69 Å². The Labute approximate surface area is 111 Å². The largest absolute Gasteiger partial charge is 0.369 e. The van der Waals surface area contributed by atoms with E-state index in [1.807, 2.05) is 18.2 Å². The Morgan fingerprint density at radius 3 is 2.53 bits per heavy atom. The molecular formula is C13H17BrN2O. The zero-order chi connectivity index (χ0) is 12.3. The van der Waals surface area contributed by atoms with Gasteiger partial charge in [-0.2, -0.15) is 0 Å². The molecule has 0 aromatic heterocycles. The highest BCUT2D eigenvalue weighted by Crippen LogP contribution is 2.24. The number of benzene rings is 1. The van der Waals surface area contributed by atoms with Crippen LogP contribution in [0, 0.1) is 0 Å². The van der Waals surface area contributed by atoms with Crippen LogP contribution < -0.4 is 4.90 Å². The van der Waals surface area contributed by atoms with Crippen molar-refractivity contribution >= 4 is 27.9 Å². The molecule has 0 radical (unpaired) electrons. The van der Waals surface area contributed by atoms with E-state index in [2.05, 4.69) is 32.7 Å². The van der Waals surface area contributed by atoms with Crippen molar-refractivity contribution in [3.05, 3.63) is 28.2 Å². The molecule has 1 aromatic carbocycles. The second kappa shape index (κ2) is 5.65. The number of halogens is 1. The van der Waals surface area contributed by atoms with E-state index in [-0.39, 0.29) is 0 Å². The quantitative estimate of drug-likeness (QED) is 0.801. The Kier molecular flexibility index (Phi) is 4.18. The first-order valence-corrected chi connectivity index (χ1v) is 6.76. The summed E-state index contributed by atoms with van der Waals surface area (Å²) in [6.45, 7) is 7.67. The summed E-state index contributed by atoms with van der Waals surface area (Å²) >= 11 is 3.43. The maximum atomic E-state index is 10.7. The van der Waals surface area contributed by atoms with Crippen LogP contribution in [-0.2, 0) is 0 Å². The predicted molar refractivity (Wildman–Crippen MR) is 73.9 cm³/mol. The topological polar surface area (TPSA) is 23.6 Å². The first-order chi connectivity index (χ1) is 8.24. The maximum absolute atomic E-state index is 10.7. The first-order valence-electron chi connectivity index (χ1n) is 5.96. The summed E-state index contributed by atoms with van der Waals surface area (Å²) in [6, 6.07) is 5.93. The predicted octanol–water partition coefficient (Wildman–Crippen LogP) is 2.40. The summed E-state index contributed by atoms with van der Waals surface area (Å²) in [5, 5.41) is 0. The number of piperazine rings is 1. The molecule has 0 atom stereocenters. The Balaban J connectivity index is 2.08. The molecule has 0 aliphatic carbocycles. The normalized spacial score (nSPS) is 17.2. The van der Waals surface area contributed by atoms with Crippen molar-refractivity contribution < 1.29 is 4.79 Å². The lowest BCUT2D eigenvalue weighted by molar-refractivity contribution is 0.112. The van der Waals surface area contributed by atoms with Gasteiger partial charge in [-0.25, -0.2) is 0 Å². The summed E-state index contributed by atoms with van der Waals surface area (Å²) in [5.41, 5.74) is 1.90. The van der Waals surface area contributed by atoms with Crippen molar-refractivity contribution in [1.82, 2.24) is 4.90 Å². The summed E-state index contributed by atoms with van der Waals surface area (Å²) in [5.74, 6) is 0. The Morgan fingerprint density at radius 1 is 1.29 bits per heavy atom. The molecule has 92 valence electrons. The molecule has 0 saturated carbocycles. The van der Waals surface area contributed by atoms with Gasteiger partial charge in [-0.05, 0) is 40.7 Å². The molecule has 0 unspecified atom stereocenters. The van der Waals surface area contributed by atoms with Crippen LogP contribution in [0.25, 0.3) is 0 Å². The molecule has 1 aromatic rings. The zero-order valence-corrected chi connectivity index (χ0v) is 11.6.